The second-order valence-corrected chi connectivity index (χ2v) is 9.22. The van der Waals surface area contributed by atoms with Crippen LogP contribution in [0, 0.1) is 0 Å². The van der Waals surface area contributed by atoms with Gasteiger partial charge in [0.2, 0.25) is 11.8 Å². The van der Waals surface area contributed by atoms with E-state index in [0.29, 0.717) is 23.9 Å². The number of para-hydroxylation sites is 2. The molecule has 1 N–H and O–H groups in total. The van der Waals surface area contributed by atoms with E-state index in [2.05, 4.69) is 5.32 Å². The number of rotatable bonds is 8. The zero-order valence-corrected chi connectivity index (χ0v) is 19.3. The quantitative estimate of drug-likeness (QED) is 0.440. The van der Waals surface area contributed by atoms with Gasteiger partial charge in [-0.1, -0.05) is 42.5 Å². The highest BCUT2D eigenvalue weighted by Crippen LogP contribution is 2.44. The first kappa shape index (κ1) is 22.3. The topological polar surface area (TPSA) is 58.6 Å². The van der Waals surface area contributed by atoms with Crippen LogP contribution in [-0.2, 0) is 9.59 Å². The Bertz CT molecular complexity index is 1070. The molecule has 7 heteroatoms. The van der Waals surface area contributed by atoms with E-state index in [1.54, 1.807) is 16.7 Å². The zero-order chi connectivity index (χ0) is 22.3. The molecule has 0 spiro atoms. The standard InChI is InChI=1S/C25H24N2O3S2/c1-2-30-22-11-7-6-10-21(22)27-24(29)17-32-25(27)18-12-14-19(15-13-18)26-23(28)16-31-20-8-4-3-5-9-20/h3-15,25H,2,16-17H2,1H3,(H,26,28). The number of carbonyl (C=O) groups excluding carboxylic acids is 2. The molecule has 1 fully saturated rings. The monoisotopic (exact) mass is 464 g/mol. The fourth-order valence-electron chi connectivity index (χ4n) is 3.46. The van der Waals surface area contributed by atoms with E-state index in [1.165, 1.54) is 11.8 Å². The molecule has 0 bridgehead atoms. The summed E-state index contributed by atoms with van der Waals surface area (Å²) in [5, 5.41) is 2.80. The van der Waals surface area contributed by atoms with Gasteiger partial charge in [0, 0.05) is 10.6 Å². The number of thioether (sulfide) groups is 2. The highest BCUT2D eigenvalue weighted by Gasteiger charge is 2.35. The average Bonchev–Trinajstić information content (AvgIpc) is 3.20. The molecule has 0 aromatic heterocycles. The van der Waals surface area contributed by atoms with E-state index in [9.17, 15) is 9.59 Å². The summed E-state index contributed by atoms with van der Waals surface area (Å²) in [4.78, 5) is 27.9. The Kier molecular flexibility index (Phi) is 7.39. The third-order valence-electron chi connectivity index (χ3n) is 4.89. The molecule has 0 aliphatic carbocycles. The van der Waals surface area contributed by atoms with Crippen LogP contribution < -0.4 is 15.0 Å². The van der Waals surface area contributed by atoms with Crippen molar-refractivity contribution in [1.29, 1.82) is 0 Å². The lowest BCUT2D eigenvalue weighted by Gasteiger charge is -2.26. The van der Waals surface area contributed by atoms with Gasteiger partial charge in [0.15, 0.2) is 0 Å². The molecule has 2 amide bonds. The van der Waals surface area contributed by atoms with Crippen molar-refractivity contribution in [1.82, 2.24) is 0 Å². The minimum atomic E-state index is -0.137. The maximum Gasteiger partial charge on any atom is 0.238 e. The minimum Gasteiger partial charge on any atom is -0.492 e. The Balaban J connectivity index is 1.44. The second-order valence-electron chi connectivity index (χ2n) is 7.10. The first-order valence-electron chi connectivity index (χ1n) is 10.4. The molecule has 3 aromatic carbocycles. The van der Waals surface area contributed by atoms with E-state index in [4.69, 9.17) is 4.74 Å². The zero-order valence-electron chi connectivity index (χ0n) is 17.7. The number of ether oxygens (including phenoxy) is 1. The SMILES string of the molecule is CCOc1ccccc1N1C(=O)CSC1c1ccc(NC(=O)CSc2ccccc2)cc1. The molecule has 1 heterocycles. The van der Waals surface area contributed by atoms with Crippen LogP contribution in [-0.4, -0.2) is 29.9 Å². The van der Waals surface area contributed by atoms with Gasteiger partial charge in [-0.25, -0.2) is 0 Å². The van der Waals surface area contributed by atoms with Crippen LogP contribution in [0.5, 0.6) is 5.75 Å². The number of hydrogen-bond acceptors (Lipinski definition) is 5. The van der Waals surface area contributed by atoms with Gasteiger partial charge in [0.25, 0.3) is 0 Å². The molecule has 5 nitrogen and oxygen atoms in total. The summed E-state index contributed by atoms with van der Waals surface area (Å²) in [5.74, 6) is 1.48. The Morgan fingerprint density at radius 2 is 1.78 bits per heavy atom. The highest BCUT2D eigenvalue weighted by atomic mass is 32.2. The van der Waals surface area contributed by atoms with Crippen molar-refractivity contribution < 1.29 is 14.3 Å². The van der Waals surface area contributed by atoms with Crippen molar-refractivity contribution in [3.05, 3.63) is 84.4 Å². The van der Waals surface area contributed by atoms with Gasteiger partial charge in [0.1, 0.15) is 11.1 Å². The molecule has 1 aliphatic rings. The van der Waals surface area contributed by atoms with Crippen molar-refractivity contribution in [3.8, 4) is 5.75 Å². The summed E-state index contributed by atoms with van der Waals surface area (Å²) in [6, 6.07) is 25.2. The summed E-state index contributed by atoms with van der Waals surface area (Å²) in [7, 11) is 0. The van der Waals surface area contributed by atoms with Crippen molar-refractivity contribution in [2.45, 2.75) is 17.2 Å². The Hall–Kier alpha value is -2.90. The van der Waals surface area contributed by atoms with Gasteiger partial charge in [-0.3, -0.25) is 14.5 Å². The van der Waals surface area contributed by atoms with Crippen molar-refractivity contribution in [3.63, 3.8) is 0 Å². The number of carbonyl (C=O) groups is 2. The van der Waals surface area contributed by atoms with E-state index in [0.717, 1.165) is 21.8 Å². The lowest BCUT2D eigenvalue weighted by atomic mass is 10.1. The Labute approximate surface area is 196 Å². The summed E-state index contributed by atoms with van der Waals surface area (Å²) < 4.78 is 5.75. The van der Waals surface area contributed by atoms with Crippen LogP contribution in [0.2, 0.25) is 0 Å². The van der Waals surface area contributed by atoms with Gasteiger partial charge in [-0.15, -0.1) is 23.5 Å². The van der Waals surface area contributed by atoms with E-state index in [-0.39, 0.29) is 17.2 Å². The van der Waals surface area contributed by atoms with Crippen molar-refractivity contribution in [2.75, 3.05) is 28.3 Å². The fourth-order valence-corrected chi connectivity index (χ4v) is 5.35. The molecule has 32 heavy (non-hydrogen) atoms. The van der Waals surface area contributed by atoms with Gasteiger partial charge in [-0.2, -0.15) is 0 Å². The highest BCUT2D eigenvalue weighted by molar-refractivity contribution is 8.00. The van der Waals surface area contributed by atoms with Crippen LogP contribution in [0.15, 0.2) is 83.8 Å². The number of nitrogens with one attached hydrogen (secondary N) is 1. The third kappa shape index (κ3) is 5.29. The molecule has 0 saturated carbocycles. The second kappa shape index (κ2) is 10.6. The summed E-state index contributed by atoms with van der Waals surface area (Å²) >= 11 is 3.09. The number of amides is 2. The number of benzene rings is 3. The van der Waals surface area contributed by atoms with Crippen LogP contribution in [0.1, 0.15) is 17.9 Å². The molecule has 0 radical (unpaired) electrons. The largest absolute Gasteiger partial charge is 0.492 e. The van der Waals surface area contributed by atoms with Crippen LogP contribution in [0.25, 0.3) is 0 Å². The average molecular weight is 465 g/mol. The third-order valence-corrected chi connectivity index (χ3v) is 7.11. The Morgan fingerprint density at radius 3 is 2.53 bits per heavy atom. The van der Waals surface area contributed by atoms with Crippen LogP contribution in [0.4, 0.5) is 11.4 Å². The molecule has 1 atom stereocenters. The first-order chi connectivity index (χ1) is 15.7. The molecular weight excluding hydrogens is 440 g/mol. The Morgan fingerprint density at radius 1 is 1.06 bits per heavy atom. The minimum absolute atomic E-state index is 0.0516. The molecule has 164 valence electrons. The van der Waals surface area contributed by atoms with Crippen molar-refractivity contribution in [2.24, 2.45) is 0 Å². The summed E-state index contributed by atoms with van der Waals surface area (Å²) in [6.07, 6.45) is 0. The number of nitrogens with zero attached hydrogens (tertiary/aromatic N) is 1. The molecule has 3 aromatic rings. The van der Waals surface area contributed by atoms with Gasteiger partial charge >= 0.3 is 0 Å². The van der Waals surface area contributed by atoms with E-state index in [1.807, 2.05) is 85.8 Å². The fraction of sp³-hybridized carbons (Fsp3) is 0.200. The van der Waals surface area contributed by atoms with Gasteiger partial charge in [0.05, 0.1) is 23.8 Å². The molecule has 1 saturated heterocycles. The lowest BCUT2D eigenvalue weighted by Crippen LogP contribution is -2.28. The predicted octanol–water partition coefficient (Wildman–Crippen LogP) is 5.59. The summed E-state index contributed by atoms with van der Waals surface area (Å²) in [6.45, 7) is 2.47. The molecule has 1 unspecified atom stereocenters. The van der Waals surface area contributed by atoms with Crippen LogP contribution >= 0.6 is 23.5 Å². The molecule has 4 rings (SSSR count). The number of anilines is 2. The van der Waals surface area contributed by atoms with Gasteiger partial charge in [-0.05, 0) is 48.9 Å². The summed E-state index contributed by atoms with van der Waals surface area (Å²) in [5.41, 5.74) is 2.52. The van der Waals surface area contributed by atoms with Crippen LogP contribution in [0.3, 0.4) is 0 Å². The van der Waals surface area contributed by atoms with Gasteiger partial charge < -0.3 is 10.1 Å². The van der Waals surface area contributed by atoms with E-state index >= 15 is 0 Å². The number of hydrogen-bond donors (Lipinski definition) is 1. The molecular formula is C25H24N2O3S2. The van der Waals surface area contributed by atoms with E-state index < -0.39 is 0 Å². The van der Waals surface area contributed by atoms with Crippen molar-refractivity contribution >= 4 is 46.7 Å². The first-order valence-corrected chi connectivity index (χ1v) is 12.4. The maximum atomic E-state index is 12.7. The molecule has 1 aliphatic heterocycles. The smallest absolute Gasteiger partial charge is 0.238 e. The predicted molar refractivity (Wildman–Crippen MR) is 133 cm³/mol. The normalized spacial score (nSPS) is 15.6. The lowest BCUT2D eigenvalue weighted by molar-refractivity contribution is -0.116. The maximum absolute atomic E-state index is 12.7.